The Morgan fingerprint density at radius 2 is 1.63 bits per heavy atom. The molecule has 1 aromatic rings. The van der Waals surface area contributed by atoms with E-state index >= 15 is 0 Å². The summed E-state index contributed by atoms with van der Waals surface area (Å²) >= 11 is 0. The lowest BCUT2D eigenvalue weighted by molar-refractivity contribution is -0.145. The number of benzene rings is 1. The minimum absolute atomic E-state index is 0.0239. The van der Waals surface area contributed by atoms with Gasteiger partial charge in [0.25, 0.3) is 0 Å². The molecule has 0 unspecified atom stereocenters. The molecule has 156 valence electrons. The molecule has 1 aromatic carbocycles. The van der Waals surface area contributed by atoms with Crippen molar-refractivity contribution in [2.45, 2.75) is 26.7 Å². The number of ketones is 1. The Bertz CT molecular complexity index is 959. The minimum Gasteiger partial charge on any atom is -0.457 e. The van der Waals surface area contributed by atoms with Gasteiger partial charge in [-0.15, -0.1) is 0 Å². The maximum atomic E-state index is 12.9. The van der Waals surface area contributed by atoms with Crippen LogP contribution in [-0.2, 0) is 19.1 Å². The molecule has 2 saturated carbocycles. The number of hydrogen-bond acceptors (Lipinski definition) is 5. The molecular formula is C24H25NO5. The highest BCUT2D eigenvalue weighted by Crippen LogP contribution is 2.65. The van der Waals surface area contributed by atoms with Crippen LogP contribution in [0.3, 0.4) is 0 Å². The highest BCUT2D eigenvalue weighted by molar-refractivity contribution is 6.06. The first kappa shape index (κ1) is 19.2. The van der Waals surface area contributed by atoms with Crippen molar-refractivity contribution in [3.8, 4) is 0 Å². The highest BCUT2D eigenvalue weighted by atomic mass is 16.5. The van der Waals surface area contributed by atoms with Gasteiger partial charge in [0.2, 0.25) is 11.8 Å². The third-order valence-corrected chi connectivity index (χ3v) is 7.49. The molecule has 30 heavy (non-hydrogen) atoms. The molecule has 2 amide bonds. The molecule has 0 radical (unpaired) electrons. The Morgan fingerprint density at radius 3 is 2.23 bits per heavy atom. The lowest BCUT2D eigenvalue weighted by Gasteiger charge is -2.37. The molecule has 0 spiro atoms. The van der Waals surface area contributed by atoms with Crippen molar-refractivity contribution in [1.82, 2.24) is 4.90 Å². The van der Waals surface area contributed by atoms with E-state index < -0.39 is 5.97 Å². The van der Waals surface area contributed by atoms with Gasteiger partial charge in [-0.3, -0.25) is 24.1 Å². The van der Waals surface area contributed by atoms with E-state index in [9.17, 15) is 19.2 Å². The summed E-state index contributed by atoms with van der Waals surface area (Å²) in [4.78, 5) is 51.4. The summed E-state index contributed by atoms with van der Waals surface area (Å²) in [6.07, 6.45) is 5.28. The summed E-state index contributed by atoms with van der Waals surface area (Å²) in [6.45, 7) is 3.57. The number of esters is 1. The van der Waals surface area contributed by atoms with Gasteiger partial charge in [-0.1, -0.05) is 24.3 Å². The van der Waals surface area contributed by atoms with Crippen LogP contribution in [0.25, 0.3) is 0 Å². The van der Waals surface area contributed by atoms with Crippen LogP contribution in [0.4, 0.5) is 0 Å². The van der Waals surface area contributed by atoms with Crippen molar-refractivity contribution in [3.63, 3.8) is 0 Å². The number of nitrogens with zero attached hydrogens (tertiary/aromatic N) is 1. The van der Waals surface area contributed by atoms with Crippen LogP contribution in [0.2, 0.25) is 0 Å². The van der Waals surface area contributed by atoms with Crippen molar-refractivity contribution < 1.29 is 23.9 Å². The fraction of sp³-hybridized carbons (Fsp3) is 0.500. The largest absolute Gasteiger partial charge is 0.457 e. The summed E-state index contributed by atoms with van der Waals surface area (Å²) in [5, 5.41) is 0. The number of amides is 2. The van der Waals surface area contributed by atoms with Gasteiger partial charge in [0.1, 0.15) is 0 Å². The van der Waals surface area contributed by atoms with Crippen LogP contribution < -0.4 is 0 Å². The van der Waals surface area contributed by atoms with Crippen LogP contribution in [0, 0.1) is 49.4 Å². The zero-order chi connectivity index (χ0) is 21.2. The average Bonchev–Trinajstić information content (AvgIpc) is 3.51. The van der Waals surface area contributed by atoms with E-state index in [-0.39, 0.29) is 60.8 Å². The number of aryl methyl sites for hydroxylation is 2. The van der Waals surface area contributed by atoms with Crippen LogP contribution in [0.1, 0.15) is 34.3 Å². The second-order valence-corrected chi connectivity index (χ2v) is 9.12. The van der Waals surface area contributed by atoms with Crippen molar-refractivity contribution in [2.75, 3.05) is 13.2 Å². The standard InChI is InChI=1S/C24H25NO5/c1-12-3-4-14(9-13(12)2)19(26)11-30-20(27)7-8-25-23(28)21-15-5-6-16(18-10-17(15)18)22(21)24(25)29/h3-6,9,15-18,21-22H,7-8,10-11H2,1-2H3/t15-,16-,17-,18+,21-,22+/m0/s1. The Labute approximate surface area is 175 Å². The topological polar surface area (TPSA) is 80.8 Å². The van der Waals surface area contributed by atoms with E-state index in [1.165, 1.54) is 4.90 Å². The van der Waals surface area contributed by atoms with Gasteiger partial charge < -0.3 is 4.74 Å². The first-order chi connectivity index (χ1) is 14.4. The fourth-order valence-corrected chi connectivity index (χ4v) is 5.66. The van der Waals surface area contributed by atoms with E-state index in [0.717, 1.165) is 17.5 Å². The van der Waals surface area contributed by atoms with Crippen LogP contribution >= 0.6 is 0 Å². The summed E-state index contributed by atoms with van der Waals surface area (Å²) in [5.41, 5.74) is 2.59. The predicted octanol–water partition coefficient (Wildman–Crippen LogP) is 2.47. The van der Waals surface area contributed by atoms with Crippen molar-refractivity contribution >= 4 is 23.6 Å². The maximum Gasteiger partial charge on any atom is 0.308 e. The average molecular weight is 407 g/mol. The molecule has 6 nitrogen and oxygen atoms in total. The molecule has 1 heterocycles. The van der Waals surface area contributed by atoms with Gasteiger partial charge in [-0.05, 0) is 61.1 Å². The zero-order valence-corrected chi connectivity index (χ0v) is 17.2. The van der Waals surface area contributed by atoms with Gasteiger partial charge in [-0.25, -0.2) is 0 Å². The Balaban J connectivity index is 1.15. The number of carbonyl (C=O) groups excluding carboxylic acids is 4. The Hall–Kier alpha value is -2.76. The summed E-state index contributed by atoms with van der Waals surface area (Å²) in [7, 11) is 0. The Morgan fingerprint density at radius 1 is 1.00 bits per heavy atom. The monoisotopic (exact) mass is 407 g/mol. The van der Waals surface area contributed by atoms with E-state index in [1.54, 1.807) is 12.1 Å². The zero-order valence-electron chi connectivity index (χ0n) is 17.2. The molecule has 0 N–H and O–H groups in total. The van der Waals surface area contributed by atoms with Gasteiger partial charge in [0.15, 0.2) is 12.4 Å². The van der Waals surface area contributed by atoms with Gasteiger partial charge in [0.05, 0.1) is 18.3 Å². The first-order valence-electron chi connectivity index (χ1n) is 10.7. The first-order valence-corrected chi connectivity index (χ1v) is 10.7. The fourth-order valence-electron chi connectivity index (χ4n) is 5.66. The van der Waals surface area contributed by atoms with Gasteiger partial charge in [-0.2, -0.15) is 0 Å². The van der Waals surface area contributed by atoms with Crippen molar-refractivity contribution in [2.24, 2.45) is 35.5 Å². The third kappa shape index (κ3) is 2.92. The van der Waals surface area contributed by atoms with E-state index in [2.05, 4.69) is 12.2 Å². The Kier molecular flexibility index (Phi) is 4.42. The summed E-state index contributed by atoms with van der Waals surface area (Å²) in [6, 6.07) is 5.36. The third-order valence-electron chi connectivity index (χ3n) is 7.49. The summed E-state index contributed by atoms with van der Waals surface area (Å²) < 4.78 is 5.11. The molecule has 2 bridgehead atoms. The van der Waals surface area contributed by atoms with E-state index in [4.69, 9.17) is 4.74 Å². The predicted molar refractivity (Wildman–Crippen MR) is 107 cm³/mol. The number of rotatable bonds is 6. The number of ether oxygens (including phenoxy) is 1. The number of Topliss-reactive ketones (excluding diaryl/α,β-unsaturated/α-hetero) is 1. The number of carbonyl (C=O) groups is 4. The number of likely N-dealkylation sites (tertiary alicyclic amines) is 1. The van der Waals surface area contributed by atoms with Gasteiger partial charge >= 0.3 is 5.97 Å². The lowest BCUT2D eigenvalue weighted by atomic mass is 9.63. The summed E-state index contributed by atoms with van der Waals surface area (Å²) in [5.74, 6) is -0.180. The maximum absolute atomic E-state index is 12.9. The quantitative estimate of drug-likeness (QED) is 0.313. The van der Waals surface area contributed by atoms with Crippen molar-refractivity contribution in [1.29, 1.82) is 0 Å². The number of hydrogen-bond donors (Lipinski definition) is 0. The van der Waals surface area contributed by atoms with E-state index in [0.29, 0.717) is 17.4 Å². The molecule has 3 fully saturated rings. The SMILES string of the molecule is Cc1ccc(C(=O)COC(=O)CCN2C(=O)[C@@H]3[C@H]4C=C[C@@H]([C@@H]5C[C@H]45)[C@@H]3C2=O)cc1C. The van der Waals surface area contributed by atoms with Crippen LogP contribution in [-0.4, -0.2) is 41.6 Å². The van der Waals surface area contributed by atoms with Crippen LogP contribution in [0.15, 0.2) is 30.4 Å². The number of allylic oxidation sites excluding steroid dienone is 2. The molecule has 6 heteroatoms. The molecule has 0 aromatic heterocycles. The molecular weight excluding hydrogens is 382 g/mol. The molecule has 1 saturated heterocycles. The highest BCUT2D eigenvalue weighted by Gasteiger charge is 2.66. The normalized spacial score (nSPS) is 32.8. The smallest absolute Gasteiger partial charge is 0.308 e. The molecule has 4 aliphatic carbocycles. The van der Waals surface area contributed by atoms with Crippen molar-refractivity contribution in [3.05, 3.63) is 47.0 Å². The molecule has 6 rings (SSSR count). The molecule has 6 atom stereocenters. The molecule has 5 aliphatic rings. The second-order valence-electron chi connectivity index (χ2n) is 9.12. The van der Waals surface area contributed by atoms with E-state index in [1.807, 2.05) is 19.9 Å². The van der Waals surface area contributed by atoms with Gasteiger partial charge in [0, 0.05) is 12.1 Å². The molecule has 1 aliphatic heterocycles. The number of imide groups is 1. The van der Waals surface area contributed by atoms with Crippen LogP contribution in [0.5, 0.6) is 0 Å². The second kappa shape index (κ2) is 6.89. The minimum atomic E-state index is -0.577. The lowest BCUT2D eigenvalue weighted by Crippen LogP contribution is -2.40.